The van der Waals surface area contributed by atoms with Crippen LogP contribution in [0.3, 0.4) is 0 Å². The van der Waals surface area contributed by atoms with Crippen molar-refractivity contribution in [1.29, 1.82) is 0 Å². The number of hydrogen-bond acceptors (Lipinski definition) is 7. The maximum atomic E-state index is 13.7. The molecule has 1 saturated carbocycles. The molecule has 9 nitrogen and oxygen atoms in total. The van der Waals surface area contributed by atoms with Crippen molar-refractivity contribution in [2.75, 3.05) is 29.9 Å². The summed E-state index contributed by atoms with van der Waals surface area (Å²) >= 11 is 6.09. The number of aromatic nitrogens is 2. The lowest BCUT2D eigenvalue weighted by Crippen LogP contribution is -2.51. The van der Waals surface area contributed by atoms with E-state index >= 15 is 0 Å². The molecule has 34 heavy (non-hydrogen) atoms. The van der Waals surface area contributed by atoms with Crippen LogP contribution in [0, 0.1) is 0 Å². The summed E-state index contributed by atoms with van der Waals surface area (Å²) in [4.78, 5) is 38.5. The first-order valence-corrected chi connectivity index (χ1v) is 12.1. The largest absolute Gasteiger partial charge is 0.441 e. The molecule has 1 aromatic heterocycles. The standard InChI is InChI=1S/C24H29ClN6O3/c1-13(2)26-11-17(15-4-6-16(25)7-5-15)23(32)31-9-8-30(18-10-19(18)31)22-20-14(3)34-24(33)29-21(20)27-12-28-22/h4-7,12-14,17-19,26H,8-11H2,1-3H3,(H,27,28,29,33)/t14-,17-,18+,19-/m1/s1. The van der Waals surface area contributed by atoms with E-state index in [0.717, 1.165) is 23.4 Å². The number of fused-ring (bicyclic) bond motifs is 2. The summed E-state index contributed by atoms with van der Waals surface area (Å²) in [7, 11) is 0. The summed E-state index contributed by atoms with van der Waals surface area (Å²) in [5, 5.41) is 6.75. The third-order valence-corrected chi connectivity index (χ3v) is 6.99. The van der Waals surface area contributed by atoms with Gasteiger partial charge in [0, 0.05) is 30.7 Å². The maximum absolute atomic E-state index is 13.7. The molecule has 180 valence electrons. The van der Waals surface area contributed by atoms with Crippen LogP contribution in [0.4, 0.5) is 16.4 Å². The Morgan fingerprint density at radius 1 is 1.24 bits per heavy atom. The second-order valence-electron chi connectivity index (χ2n) is 9.39. The number of carbonyl (C=O) groups excluding carboxylic acids is 2. The fourth-order valence-electron chi connectivity index (χ4n) is 4.95. The molecule has 3 aliphatic rings. The normalized spacial score (nSPS) is 24.1. The van der Waals surface area contributed by atoms with Crippen LogP contribution in [0.25, 0.3) is 0 Å². The topological polar surface area (TPSA) is 99.7 Å². The maximum Gasteiger partial charge on any atom is 0.413 e. The first-order valence-electron chi connectivity index (χ1n) is 11.7. The number of ether oxygens (including phenoxy) is 1. The average Bonchev–Trinajstić information content (AvgIpc) is 3.60. The Morgan fingerprint density at radius 3 is 2.74 bits per heavy atom. The van der Waals surface area contributed by atoms with Crippen molar-refractivity contribution in [1.82, 2.24) is 20.2 Å². The van der Waals surface area contributed by atoms with E-state index in [9.17, 15) is 9.59 Å². The fourth-order valence-corrected chi connectivity index (χ4v) is 5.08. The van der Waals surface area contributed by atoms with Crippen LogP contribution in [0.5, 0.6) is 0 Å². The van der Waals surface area contributed by atoms with E-state index in [4.69, 9.17) is 16.3 Å². The molecular formula is C24H29ClN6O3. The lowest BCUT2D eigenvalue weighted by atomic mass is 9.96. The van der Waals surface area contributed by atoms with Gasteiger partial charge in [-0.1, -0.05) is 37.6 Å². The van der Waals surface area contributed by atoms with Crippen LogP contribution in [-0.2, 0) is 9.53 Å². The van der Waals surface area contributed by atoms with Gasteiger partial charge in [0.15, 0.2) is 0 Å². The van der Waals surface area contributed by atoms with Crippen molar-refractivity contribution in [3.8, 4) is 0 Å². The van der Waals surface area contributed by atoms with Crippen LogP contribution in [0.2, 0.25) is 5.02 Å². The molecule has 2 aliphatic heterocycles. The quantitative estimate of drug-likeness (QED) is 0.648. The molecule has 10 heteroatoms. The summed E-state index contributed by atoms with van der Waals surface area (Å²) in [6, 6.07) is 8.16. The third kappa shape index (κ3) is 4.30. The molecule has 4 atom stereocenters. The van der Waals surface area contributed by atoms with Gasteiger partial charge in [-0.15, -0.1) is 0 Å². The molecule has 2 fully saturated rings. The lowest BCUT2D eigenvalue weighted by molar-refractivity contribution is -0.133. The Balaban J connectivity index is 1.35. The van der Waals surface area contributed by atoms with E-state index in [1.54, 1.807) is 0 Å². The number of nitrogens with zero attached hydrogens (tertiary/aromatic N) is 4. The lowest BCUT2D eigenvalue weighted by Gasteiger charge is -2.38. The van der Waals surface area contributed by atoms with Crippen LogP contribution in [0.1, 0.15) is 50.3 Å². The highest BCUT2D eigenvalue weighted by molar-refractivity contribution is 6.30. The molecule has 3 heterocycles. The summed E-state index contributed by atoms with van der Waals surface area (Å²) in [5.74, 6) is 1.12. The molecule has 2 amide bonds. The van der Waals surface area contributed by atoms with Crippen molar-refractivity contribution in [2.45, 2.75) is 57.3 Å². The number of carbonyl (C=O) groups is 2. The van der Waals surface area contributed by atoms with Gasteiger partial charge in [-0.05, 0) is 31.0 Å². The van der Waals surface area contributed by atoms with Gasteiger partial charge >= 0.3 is 6.09 Å². The first kappa shape index (κ1) is 22.9. The summed E-state index contributed by atoms with van der Waals surface area (Å²) in [6.45, 7) is 7.81. The number of piperazine rings is 1. The smallest absolute Gasteiger partial charge is 0.413 e. The number of anilines is 2. The minimum atomic E-state index is -0.507. The molecule has 1 aliphatic carbocycles. The van der Waals surface area contributed by atoms with Crippen LogP contribution >= 0.6 is 11.6 Å². The van der Waals surface area contributed by atoms with Crippen LogP contribution < -0.4 is 15.5 Å². The summed E-state index contributed by atoms with van der Waals surface area (Å²) in [5.41, 5.74) is 1.75. The van der Waals surface area contributed by atoms with Gasteiger partial charge in [0.25, 0.3) is 0 Å². The Labute approximate surface area is 203 Å². The van der Waals surface area contributed by atoms with Crippen LogP contribution in [0.15, 0.2) is 30.6 Å². The minimum Gasteiger partial charge on any atom is -0.441 e. The molecule has 0 radical (unpaired) electrons. The summed E-state index contributed by atoms with van der Waals surface area (Å²) < 4.78 is 5.35. The number of amides is 2. The molecule has 2 aromatic rings. The monoisotopic (exact) mass is 484 g/mol. The van der Waals surface area contributed by atoms with Gasteiger partial charge in [0.1, 0.15) is 24.1 Å². The zero-order chi connectivity index (χ0) is 24.0. The van der Waals surface area contributed by atoms with Crippen molar-refractivity contribution < 1.29 is 14.3 Å². The number of rotatable bonds is 6. The number of nitrogens with one attached hydrogen (secondary N) is 2. The SMILES string of the molecule is CC(C)NC[C@@H](C(=O)N1CCN(c2ncnc3c2[C@@H](C)OC(=O)N3)[C@H]2C[C@H]21)c1ccc(Cl)cc1. The van der Waals surface area contributed by atoms with Gasteiger partial charge in [0.2, 0.25) is 5.91 Å². The molecule has 0 spiro atoms. The Kier molecular flexibility index (Phi) is 6.07. The molecule has 1 aromatic carbocycles. The second-order valence-corrected chi connectivity index (χ2v) is 9.83. The minimum absolute atomic E-state index is 0.134. The Bertz CT molecular complexity index is 1090. The fraction of sp³-hybridized carbons (Fsp3) is 0.500. The van der Waals surface area contributed by atoms with Crippen molar-refractivity contribution in [2.24, 2.45) is 0 Å². The van der Waals surface area contributed by atoms with E-state index in [2.05, 4.69) is 39.3 Å². The van der Waals surface area contributed by atoms with E-state index < -0.39 is 12.2 Å². The highest BCUT2D eigenvalue weighted by Gasteiger charge is 2.52. The van der Waals surface area contributed by atoms with Gasteiger partial charge in [-0.3, -0.25) is 10.1 Å². The van der Waals surface area contributed by atoms with Crippen molar-refractivity contribution in [3.63, 3.8) is 0 Å². The van der Waals surface area contributed by atoms with Gasteiger partial charge in [-0.2, -0.15) is 0 Å². The molecule has 0 bridgehead atoms. The summed E-state index contributed by atoms with van der Waals surface area (Å²) in [6.07, 6.45) is 1.41. The first-order chi connectivity index (χ1) is 16.3. The highest BCUT2D eigenvalue weighted by atomic mass is 35.5. The Morgan fingerprint density at radius 2 is 2.00 bits per heavy atom. The molecular weight excluding hydrogens is 456 g/mol. The predicted octanol–water partition coefficient (Wildman–Crippen LogP) is 3.32. The predicted molar refractivity (Wildman–Crippen MR) is 129 cm³/mol. The molecule has 1 saturated heterocycles. The second kappa shape index (κ2) is 9.03. The van der Waals surface area contributed by atoms with Gasteiger partial charge in [-0.25, -0.2) is 14.8 Å². The van der Waals surface area contributed by atoms with E-state index in [1.807, 2.05) is 36.1 Å². The van der Waals surface area contributed by atoms with Gasteiger partial charge < -0.3 is 19.9 Å². The Hall–Kier alpha value is -2.91. The zero-order valence-corrected chi connectivity index (χ0v) is 20.2. The van der Waals surface area contributed by atoms with E-state index in [0.29, 0.717) is 30.5 Å². The average molecular weight is 485 g/mol. The number of hydrogen-bond donors (Lipinski definition) is 2. The highest BCUT2D eigenvalue weighted by Crippen LogP contribution is 2.44. The van der Waals surface area contributed by atoms with E-state index in [-0.39, 0.29) is 30.0 Å². The third-order valence-electron chi connectivity index (χ3n) is 6.74. The van der Waals surface area contributed by atoms with Gasteiger partial charge in [0.05, 0.1) is 23.6 Å². The van der Waals surface area contributed by atoms with E-state index in [1.165, 1.54) is 6.33 Å². The molecule has 5 rings (SSSR count). The number of halogens is 1. The van der Waals surface area contributed by atoms with Crippen LogP contribution in [-0.4, -0.2) is 64.6 Å². The molecule has 2 N–H and O–H groups in total. The van der Waals surface area contributed by atoms with Crippen molar-refractivity contribution >= 4 is 35.2 Å². The zero-order valence-electron chi connectivity index (χ0n) is 19.5. The number of cyclic esters (lactones) is 1. The molecule has 0 unspecified atom stereocenters. The number of benzene rings is 1. The van der Waals surface area contributed by atoms with Crippen molar-refractivity contribution in [3.05, 3.63) is 46.7 Å².